The van der Waals surface area contributed by atoms with Crippen LogP contribution in [0.1, 0.15) is 65.2 Å². The van der Waals surface area contributed by atoms with Gasteiger partial charge in [-0.25, -0.2) is 0 Å². The third-order valence-corrected chi connectivity index (χ3v) is 7.94. The van der Waals surface area contributed by atoms with E-state index in [4.69, 9.17) is 0 Å². The van der Waals surface area contributed by atoms with Crippen molar-refractivity contribution in [3.05, 3.63) is 11.6 Å². The van der Waals surface area contributed by atoms with Gasteiger partial charge in [-0.15, -0.1) is 0 Å². The van der Waals surface area contributed by atoms with Crippen molar-refractivity contribution in [1.82, 2.24) is 0 Å². The molecule has 6 atom stereocenters. The Morgan fingerprint density at radius 1 is 1.09 bits per heavy atom. The Morgan fingerprint density at radius 3 is 2.59 bits per heavy atom. The molecule has 3 saturated carbocycles. The molecule has 0 spiro atoms. The highest BCUT2D eigenvalue weighted by Gasteiger charge is 2.57. The van der Waals surface area contributed by atoms with Crippen LogP contribution in [0.5, 0.6) is 0 Å². The fourth-order valence-electron chi connectivity index (χ4n) is 6.59. The molecular formula is C19H29NO2. The van der Waals surface area contributed by atoms with Crippen LogP contribution in [-0.4, -0.2) is 22.1 Å². The van der Waals surface area contributed by atoms with Crippen LogP contribution in [0.4, 0.5) is 0 Å². The molecule has 0 radical (unpaired) electrons. The molecule has 0 aromatic heterocycles. The molecule has 4 rings (SSSR count). The molecule has 3 fully saturated rings. The van der Waals surface area contributed by atoms with Crippen molar-refractivity contribution in [2.24, 2.45) is 33.7 Å². The summed E-state index contributed by atoms with van der Waals surface area (Å²) in [5, 5.41) is 23.1. The molecule has 4 aliphatic rings. The highest BCUT2D eigenvalue weighted by molar-refractivity contribution is 5.92. The number of fused-ring (bicyclic) bond motifs is 5. The maximum Gasteiger partial charge on any atom is 0.0632 e. The molecule has 3 nitrogen and oxygen atoms in total. The first kappa shape index (κ1) is 14.7. The van der Waals surface area contributed by atoms with Crippen molar-refractivity contribution in [1.29, 1.82) is 0 Å². The predicted octanol–water partition coefficient (Wildman–Crippen LogP) is 4.14. The molecule has 0 aromatic rings. The molecule has 0 amide bonds. The van der Waals surface area contributed by atoms with Crippen LogP contribution in [0.3, 0.4) is 0 Å². The number of hydrogen-bond donors (Lipinski definition) is 2. The average Bonchev–Trinajstić information content (AvgIpc) is 2.84. The molecule has 2 N–H and O–H groups in total. The minimum atomic E-state index is -0.121. The van der Waals surface area contributed by atoms with Crippen molar-refractivity contribution in [2.75, 3.05) is 0 Å². The smallest absolute Gasteiger partial charge is 0.0632 e. The third kappa shape index (κ3) is 1.81. The van der Waals surface area contributed by atoms with Gasteiger partial charge >= 0.3 is 0 Å². The van der Waals surface area contributed by atoms with Gasteiger partial charge in [0.05, 0.1) is 11.8 Å². The van der Waals surface area contributed by atoms with Crippen LogP contribution in [0.2, 0.25) is 0 Å². The van der Waals surface area contributed by atoms with Crippen LogP contribution in [0.15, 0.2) is 16.8 Å². The third-order valence-electron chi connectivity index (χ3n) is 7.94. The van der Waals surface area contributed by atoms with Gasteiger partial charge in [0, 0.05) is 5.41 Å². The summed E-state index contributed by atoms with van der Waals surface area (Å²) < 4.78 is 0. The standard InChI is InChI=1S/C19H29NO2/c1-18-9-7-13(21)11-12(18)3-4-14-15-5-6-17(20-22)19(15,2)10-8-16(14)18/h3,13-16,21-22H,4-11H2,1-2H3/b20-17+/t13?,14?,15?,16?,18-,19-/m0/s1. The van der Waals surface area contributed by atoms with E-state index in [1.165, 1.54) is 31.3 Å². The Hall–Kier alpha value is -0.830. The first-order valence-corrected chi connectivity index (χ1v) is 9.08. The molecule has 4 unspecified atom stereocenters. The maximum absolute atomic E-state index is 10.0. The Morgan fingerprint density at radius 2 is 1.82 bits per heavy atom. The first-order chi connectivity index (χ1) is 10.5. The molecule has 0 aromatic carbocycles. The number of aliphatic hydroxyl groups is 1. The molecule has 4 aliphatic carbocycles. The van der Waals surface area contributed by atoms with Gasteiger partial charge in [0.2, 0.25) is 0 Å². The zero-order chi connectivity index (χ0) is 15.5. The summed E-state index contributed by atoms with van der Waals surface area (Å²) in [5.74, 6) is 2.18. The molecular weight excluding hydrogens is 274 g/mol. The summed E-state index contributed by atoms with van der Waals surface area (Å²) in [6.45, 7) is 4.79. The Kier molecular flexibility index (Phi) is 3.24. The van der Waals surface area contributed by atoms with E-state index in [9.17, 15) is 10.3 Å². The average molecular weight is 303 g/mol. The molecule has 3 heteroatoms. The second kappa shape index (κ2) is 4.83. The van der Waals surface area contributed by atoms with Gasteiger partial charge in [-0.1, -0.05) is 30.7 Å². The molecule has 122 valence electrons. The SMILES string of the molecule is C[C@]12CCC(O)CC1=CCC1C2CC[C@]2(C)/C(=N/O)CCC12. The molecule has 0 heterocycles. The summed E-state index contributed by atoms with van der Waals surface area (Å²) in [4.78, 5) is 0. The van der Waals surface area contributed by atoms with E-state index in [1.807, 2.05) is 0 Å². The van der Waals surface area contributed by atoms with Crippen molar-refractivity contribution in [3.63, 3.8) is 0 Å². The summed E-state index contributed by atoms with van der Waals surface area (Å²) in [6.07, 6.45) is 11.1. The largest absolute Gasteiger partial charge is 0.411 e. The summed E-state index contributed by atoms with van der Waals surface area (Å²) >= 11 is 0. The van der Waals surface area contributed by atoms with Crippen molar-refractivity contribution in [2.45, 2.75) is 71.3 Å². The summed E-state index contributed by atoms with van der Waals surface area (Å²) in [5.41, 5.74) is 3.02. The van der Waals surface area contributed by atoms with Crippen LogP contribution < -0.4 is 0 Å². The van der Waals surface area contributed by atoms with Gasteiger partial charge < -0.3 is 10.3 Å². The van der Waals surface area contributed by atoms with E-state index in [0.717, 1.165) is 43.2 Å². The highest BCUT2D eigenvalue weighted by atomic mass is 16.4. The Balaban J connectivity index is 1.69. The minimum Gasteiger partial charge on any atom is -0.411 e. The lowest BCUT2D eigenvalue weighted by Gasteiger charge is -2.57. The van der Waals surface area contributed by atoms with Crippen LogP contribution in [0.25, 0.3) is 0 Å². The van der Waals surface area contributed by atoms with E-state index in [0.29, 0.717) is 11.3 Å². The topological polar surface area (TPSA) is 52.8 Å². The van der Waals surface area contributed by atoms with Crippen LogP contribution in [0, 0.1) is 28.6 Å². The number of allylic oxidation sites excluding steroid dienone is 1. The maximum atomic E-state index is 10.0. The number of hydrogen-bond acceptors (Lipinski definition) is 3. The van der Waals surface area contributed by atoms with Crippen LogP contribution in [-0.2, 0) is 0 Å². The zero-order valence-corrected chi connectivity index (χ0v) is 13.9. The van der Waals surface area contributed by atoms with Crippen molar-refractivity contribution in [3.8, 4) is 0 Å². The lowest BCUT2D eigenvalue weighted by Crippen LogP contribution is -2.50. The lowest BCUT2D eigenvalue weighted by molar-refractivity contribution is -0.0213. The lowest BCUT2D eigenvalue weighted by atomic mass is 9.48. The van der Waals surface area contributed by atoms with Crippen molar-refractivity contribution < 1.29 is 10.3 Å². The predicted molar refractivity (Wildman–Crippen MR) is 86.9 cm³/mol. The number of nitrogens with zero attached hydrogens (tertiary/aromatic N) is 1. The minimum absolute atomic E-state index is 0.121. The fourth-order valence-corrected chi connectivity index (χ4v) is 6.59. The summed E-state index contributed by atoms with van der Waals surface area (Å²) in [6, 6.07) is 0. The normalized spacial score (nSPS) is 52.7. The van der Waals surface area contributed by atoms with E-state index < -0.39 is 0 Å². The molecule has 22 heavy (non-hydrogen) atoms. The Bertz CT molecular complexity index is 540. The van der Waals surface area contributed by atoms with Gasteiger partial charge in [-0.3, -0.25) is 0 Å². The van der Waals surface area contributed by atoms with Gasteiger partial charge in [-0.2, -0.15) is 0 Å². The highest BCUT2D eigenvalue weighted by Crippen LogP contribution is 2.64. The van der Waals surface area contributed by atoms with Crippen molar-refractivity contribution >= 4 is 5.71 Å². The second-order valence-corrected chi connectivity index (χ2v) is 8.70. The fraction of sp³-hybridized carbons (Fsp3) is 0.842. The van der Waals surface area contributed by atoms with E-state index in [1.54, 1.807) is 0 Å². The van der Waals surface area contributed by atoms with E-state index in [-0.39, 0.29) is 11.5 Å². The molecule has 0 bridgehead atoms. The second-order valence-electron chi connectivity index (χ2n) is 8.70. The van der Waals surface area contributed by atoms with E-state index in [2.05, 4.69) is 25.1 Å². The van der Waals surface area contributed by atoms with E-state index >= 15 is 0 Å². The Labute approximate surface area is 133 Å². The quantitative estimate of drug-likeness (QED) is 0.401. The van der Waals surface area contributed by atoms with Gasteiger partial charge in [0.15, 0.2) is 0 Å². The summed E-state index contributed by atoms with van der Waals surface area (Å²) in [7, 11) is 0. The van der Waals surface area contributed by atoms with Gasteiger partial charge in [0.25, 0.3) is 0 Å². The molecule has 0 saturated heterocycles. The number of aliphatic hydroxyl groups excluding tert-OH is 1. The van der Waals surface area contributed by atoms with Crippen LogP contribution >= 0.6 is 0 Å². The number of oxime groups is 1. The monoisotopic (exact) mass is 303 g/mol. The zero-order valence-electron chi connectivity index (χ0n) is 13.9. The molecule has 0 aliphatic heterocycles. The van der Waals surface area contributed by atoms with Gasteiger partial charge in [-0.05, 0) is 74.5 Å². The number of rotatable bonds is 0. The first-order valence-electron chi connectivity index (χ1n) is 9.08. The van der Waals surface area contributed by atoms with Gasteiger partial charge in [0.1, 0.15) is 0 Å².